The van der Waals surface area contributed by atoms with Crippen molar-refractivity contribution in [2.45, 2.75) is 16.8 Å². The van der Waals surface area contributed by atoms with Gasteiger partial charge in [0.1, 0.15) is 22.4 Å². The van der Waals surface area contributed by atoms with Gasteiger partial charge in [0.05, 0.1) is 7.11 Å². The first-order chi connectivity index (χ1) is 8.71. The first kappa shape index (κ1) is 12.7. The third kappa shape index (κ3) is 3.13. The smallest absolute Gasteiger partial charge is 0.130 e. The Kier molecular flexibility index (Phi) is 4.04. The third-order valence-electron chi connectivity index (χ3n) is 2.35. The number of hydrogen-bond acceptors (Lipinski definition) is 5. The van der Waals surface area contributed by atoms with E-state index in [1.54, 1.807) is 18.9 Å². The predicted molar refractivity (Wildman–Crippen MR) is 73.4 cm³/mol. The fourth-order valence-electron chi connectivity index (χ4n) is 1.49. The van der Waals surface area contributed by atoms with E-state index in [-0.39, 0.29) is 0 Å². The minimum absolute atomic E-state index is 0.762. The first-order valence-electron chi connectivity index (χ1n) is 5.56. The molecule has 0 unspecified atom stereocenters. The molecule has 0 saturated carbocycles. The van der Waals surface area contributed by atoms with Crippen LogP contribution in [0.4, 0.5) is 5.82 Å². The number of rotatable bonds is 4. The van der Waals surface area contributed by atoms with Crippen molar-refractivity contribution < 1.29 is 4.74 Å². The summed E-state index contributed by atoms with van der Waals surface area (Å²) in [5.74, 6) is 2.45. The van der Waals surface area contributed by atoms with Gasteiger partial charge < -0.3 is 10.1 Å². The largest absolute Gasteiger partial charge is 0.497 e. The van der Waals surface area contributed by atoms with Crippen molar-refractivity contribution >= 4 is 17.6 Å². The van der Waals surface area contributed by atoms with Crippen molar-refractivity contribution in [2.24, 2.45) is 0 Å². The molecular formula is C13H15N3OS. The van der Waals surface area contributed by atoms with Gasteiger partial charge in [0.25, 0.3) is 0 Å². The lowest BCUT2D eigenvalue weighted by atomic mass is 10.3. The van der Waals surface area contributed by atoms with Crippen LogP contribution in [-0.2, 0) is 0 Å². The number of hydrogen-bond donors (Lipinski definition) is 1. The highest BCUT2D eigenvalue weighted by Crippen LogP contribution is 2.28. The van der Waals surface area contributed by atoms with Gasteiger partial charge in [0, 0.05) is 18.0 Å². The van der Waals surface area contributed by atoms with Gasteiger partial charge in [0.15, 0.2) is 0 Å². The molecule has 0 aliphatic rings. The summed E-state index contributed by atoms with van der Waals surface area (Å²) in [6.07, 6.45) is 0. The SMILES string of the molecule is CNc1cc(Sc2ccc(OC)cc2)nc(C)n1. The highest BCUT2D eigenvalue weighted by Gasteiger charge is 2.03. The first-order valence-corrected chi connectivity index (χ1v) is 6.38. The average Bonchev–Trinajstić information content (AvgIpc) is 2.39. The fourth-order valence-corrected chi connectivity index (χ4v) is 2.35. The van der Waals surface area contributed by atoms with E-state index in [1.165, 1.54) is 0 Å². The highest BCUT2D eigenvalue weighted by molar-refractivity contribution is 7.99. The molecule has 5 heteroatoms. The molecule has 1 N–H and O–H groups in total. The number of ether oxygens (including phenoxy) is 1. The van der Waals surface area contributed by atoms with Gasteiger partial charge >= 0.3 is 0 Å². The predicted octanol–water partition coefficient (Wildman–Crippen LogP) is 2.99. The molecule has 1 aromatic heterocycles. The summed E-state index contributed by atoms with van der Waals surface area (Å²) in [4.78, 5) is 9.79. The van der Waals surface area contributed by atoms with E-state index in [2.05, 4.69) is 15.3 Å². The van der Waals surface area contributed by atoms with Crippen molar-refractivity contribution in [3.63, 3.8) is 0 Å². The Labute approximate surface area is 111 Å². The Hall–Kier alpha value is -1.75. The molecule has 18 heavy (non-hydrogen) atoms. The molecule has 0 amide bonds. The minimum Gasteiger partial charge on any atom is -0.497 e. The molecule has 0 saturated heterocycles. The number of aryl methyl sites for hydroxylation is 1. The zero-order valence-electron chi connectivity index (χ0n) is 10.6. The third-order valence-corrected chi connectivity index (χ3v) is 3.28. The fraction of sp³-hybridized carbons (Fsp3) is 0.231. The Morgan fingerprint density at radius 2 is 1.89 bits per heavy atom. The lowest BCUT2D eigenvalue weighted by Gasteiger charge is -2.06. The molecule has 0 aliphatic carbocycles. The second kappa shape index (κ2) is 5.73. The second-order valence-electron chi connectivity index (χ2n) is 3.67. The molecule has 2 aromatic rings. The molecule has 0 bridgehead atoms. The van der Waals surface area contributed by atoms with Gasteiger partial charge in [-0.2, -0.15) is 0 Å². The van der Waals surface area contributed by atoms with Gasteiger partial charge in [-0.1, -0.05) is 11.8 Å². The van der Waals surface area contributed by atoms with Crippen molar-refractivity contribution in [1.29, 1.82) is 0 Å². The normalized spacial score (nSPS) is 10.2. The molecule has 4 nitrogen and oxygen atoms in total. The van der Waals surface area contributed by atoms with Crippen LogP contribution in [0.5, 0.6) is 5.75 Å². The molecule has 0 atom stereocenters. The maximum atomic E-state index is 5.13. The van der Waals surface area contributed by atoms with E-state index in [1.807, 2.05) is 44.3 Å². The topological polar surface area (TPSA) is 47.0 Å². The molecule has 1 heterocycles. The Morgan fingerprint density at radius 3 is 2.50 bits per heavy atom. The average molecular weight is 261 g/mol. The molecule has 1 aromatic carbocycles. The number of methoxy groups -OCH3 is 1. The van der Waals surface area contributed by atoms with Crippen molar-refractivity contribution in [3.8, 4) is 5.75 Å². The van der Waals surface area contributed by atoms with Crippen LogP contribution < -0.4 is 10.1 Å². The zero-order chi connectivity index (χ0) is 13.0. The van der Waals surface area contributed by atoms with E-state index in [0.717, 1.165) is 27.3 Å². The molecule has 0 fully saturated rings. The number of benzene rings is 1. The van der Waals surface area contributed by atoms with E-state index in [4.69, 9.17) is 4.74 Å². The van der Waals surface area contributed by atoms with Crippen LogP contribution in [0.3, 0.4) is 0 Å². The van der Waals surface area contributed by atoms with Crippen LogP contribution in [0.2, 0.25) is 0 Å². The van der Waals surface area contributed by atoms with E-state index >= 15 is 0 Å². The summed E-state index contributed by atoms with van der Waals surface area (Å²) in [6.45, 7) is 1.89. The summed E-state index contributed by atoms with van der Waals surface area (Å²) in [6, 6.07) is 9.84. The standard InChI is InChI=1S/C13H15N3OS/c1-9-15-12(14-2)8-13(16-9)18-11-6-4-10(17-3)5-7-11/h4-8H,1-3H3,(H,14,15,16). The second-order valence-corrected chi connectivity index (χ2v) is 4.76. The lowest BCUT2D eigenvalue weighted by molar-refractivity contribution is 0.414. The minimum atomic E-state index is 0.762. The summed E-state index contributed by atoms with van der Waals surface area (Å²) in [7, 11) is 3.51. The number of nitrogens with one attached hydrogen (secondary N) is 1. The van der Waals surface area contributed by atoms with Crippen molar-refractivity contribution in [1.82, 2.24) is 9.97 Å². The van der Waals surface area contributed by atoms with Gasteiger partial charge in [-0.15, -0.1) is 0 Å². The van der Waals surface area contributed by atoms with Crippen molar-refractivity contribution in [3.05, 3.63) is 36.2 Å². The van der Waals surface area contributed by atoms with Crippen LogP contribution in [0.25, 0.3) is 0 Å². The van der Waals surface area contributed by atoms with Gasteiger partial charge in [-0.25, -0.2) is 9.97 Å². The summed E-state index contributed by atoms with van der Waals surface area (Å²) >= 11 is 1.60. The highest BCUT2D eigenvalue weighted by atomic mass is 32.2. The molecule has 2 rings (SSSR count). The monoisotopic (exact) mass is 261 g/mol. The molecular weight excluding hydrogens is 246 g/mol. The Bertz CT molecular complexity index is 528. The van der Waals surface area contributed by atoms with Crippen LogP contribution >= 0.6 is 11.8 Å². The molecule has 0 radical (unpaired) electrons. The number of aromatic nitrogens is 2. The summed E-state index contributed by atoms with van der Waals surface area (Å²) in [5, 5.41) is 3.96. The number of anilines is 1. The quantitative estimate of drug-likeness (QED) is 0.857. The van der Waals surface area contributed by atoms with E-state index < -0.39 is 0 Å². The summed E-state index contributed by atoms with van der Waals surface area (Å²) < 4.78 is 5.13. The van der Waals surface area contributed by atoms with E-state index in [0.29, 0.717) is 0 Å². The van der Waals surface area contributed by atoms with Crippen LogP contribution in [-0.4, -0.2) is 24.1 Å². The van der Waals surface area contributed by atoms with Crippen LogP contribution in [0.1, 0.15) is 5.82 Å². The molecule has 0 aliphatic heterocycles. The van der Waals surface area contributed by atoms with Gasteiger partial charge in [-0.05, 0) is 31.2 Å². The summed E-state index contributed by atoms with van der Waals surface area (Å²) in [5.41, 5.74) is 0. The lowest BCUT2D eigenvalue weighted by Crippen LogP contribution is -1.97. The molecule has 94 valence electrons. The van der Waals surface area contributed by atoms with Crippen molar-refractivity contribution in [2.75, 3.05) is 19.5 Å². The zero-order valence-corrected chi connectivity index (χ0v) is 11.4. The van der Waals surface area contributed by atoms with Gasteiger partial charge in [-0.3, -0.25) is 0 Å². The Balaban J connectivity index is 2.19. The van der Waals surface area contributed by atoms with Gasteiger partial charge in [0.2, 0.25) is 0 Å². The van der Waals surface area contributed by atoms with Crippen LogP contribution in [0, 0.1) is 6.92 Å². The maximum absolute atomic E-state index is 5.13. The number of nitrogens with zero attached hydrogens (tertiary/aromatic N) is 2. The van der Waals surface area contributed by atoms with E-state index in [9.17, 15) is 0 Å². The molecule has 0 spiro atoms. The Morgan fingerprint density at radius 1 is 1.17 bits per heavy atom. The van der Waals surface area contributed by atoms with Crippen LogP contribution in [0.15, 0.2) is 40.3 Å². The maximum Gasteiger partial charge on any atom is 0.130 e.